The quantitative estimate of drug-likeness (QED) is 0.915. The third kappa shape index (κ3) is 2.89. The molecule has 102 valence electrons. The number of rotatable bonds is 4. The fraction of sp³-hybridized carbons (Fsp3) is 0.400. The maximum Gasteiger partial charge on any atom is 0.204 e. The van der Waals surface area contributed by atoms with Crippen LogP contribution in [0.3, 0.4) is 0 Å². The lowest BCUT2D eigenvalue weighted by Gasteiger charge is -2.14. The van der Waals surface area contributed by atoms with Crippen LogP contribution in [-0.4, -0.2) is 23.6 Å². The molecule has 0 amide bonds. The number of anilines is 2. The number of aryl methyl sites for hydroxylation is 2. The van der Waals surface area contributed by atoms with Crippen LogP contribution in [0.2, 0.25) is 0 Å². The zero-order valence-electron chi connectivity index (χ0n) is 12.4. The second-order valence-corrected chi connectivity index (χ2v) is 5.17. The summed E-state index contributed by atoms with van der Waals surface area (Å²) in [5, 5.41) is 3.47. The molecule has 0 saturated heterocycles. The van der Waals surface area contributed by atoms with E-state index in [0.29, 0.717) is 0 Å². The minimum absolute atomic E-state index is 0.779. The van der Waals surface area contributed by atoms with Crippen molar-refractivity contribution in [3.8, 4) is 0 Å². The molecule has 2 rings (SSSR count). The topological polar surface area (TPSA) is 33.1 Å². The molecule has 0 aliphatic rings. The number of hydrogen-bond donors (Lipinski definition) is 1. The number of imidazole rings is 1. The molecule has 0 fully saturated rings. The summed E-state index contributed by atoms with van der Waals surface area (Å²) in [6.07, 6.45) is 1.92. The molecule has 4 nitrogen and oxygen atoms in total. The summed E-state index contributed by atoms with van der Waals surface area (Å²) in [5.41, 5.74) is 4.91. The lowest BCUT2D eigenvalue weighted by atomic mass is 10.1. The number of aromatic nitrogens is 2. The number of benzene rings is 1. The SMILES string of the molecule is Cc1ccc(NCc2cnc(N(C)C)n2C)c(C)c1. The molecule has 1 N–H and O–H groups in total. The first-order valence-electron chi connectivity index (χ1n) is 6.48. The monoisotopic (exact) mass is 258 g/mol. The van der Waals surface area contributed by atoms with Crippen molar-refractivity contribution >= 4 is 11.6 Å². The molecule has 0 bridgehead atoms. The molecular weight excluding hydrogens is 236 g/mol. The van der Waals surface area contributed by atoms with Crippen molar-refractivity contribution in [1.82, 2.24) is 9.55 Å². The molecule has 1 aromatic heterocycles. The van der Waals surface area contributed by atoms with Crippen molar-refractivity contribution < 1.29 is 0 Å². The lowest BCUT2D eigenvalue weighted by molar-refractivity contribution is 0.813. The Labute approximate surface area is 115 Å². The zero-order chi connectivity index (χ0) is 14.0. The molecule has 0 saturated carbocycles. The van der Waals surface area contributed by atoms with Gasteiger partial charge in [0.2, 0.25) is 5.95 Å². The van der Waals surface area contributed by atoms with E-state index >= 15 is 0 Å². The molecular formula is C15H22N4. The van der Waals surface area contributed by atoms with Crippen LogP contribution < -0.4 is 10.2 Å². The molecule has 0 spiro atoms. The number of hydrogen-bond acceptors (Lipinski definition) is 3. The summed E-state index contributed by atoms with van der Waals surface area (Å²) in [6, 6.07) is 6.45. The first kappa shape index (κ1) is 13.5. The smallest absolute Gasteiger partial charge is 0.204 e. The summed E-state index contributed by atoms with van der Waals surface area (Å²) in [5.74, 6) is 0.970. The Balaban J connectivity index is 2.10. The Morgan fingerprint density at radius 2 is 2.00 bits per heavy atom. The van der Waals surface area contributed by atoms with Crippen molar-refractivity contribution in [2.45, 2.75) is 20.4 Å². The van der Waals surface area contributed by atoms with Crippen LogP contribution in [0, 0.1) is 13.8 Å². The highest BCUT2D eigenvalue weighted by Crippen LogP contribution is 2.18. The molecule has 0 radical (unpaired) electrons. The zero-order valence-corrected chi connectivity index (χ0v) is 12.4. The Kier molecular flexibility index (Phi) is 3.79. The van der Waals surface area contributed by atoms with Crippen LogP contribution in [0.4, 0.5) is 11.6 Å². The maximum atomic E-state index is 4.41. The average molecular weight is 258 g/mol. The van der Waals surface area contributed by atoms with Gasteiger partial charge < -0.3 is 14.8 Å². The van der Waals surface area contributed by atoms with Crippen molar-refractivity contribution in [3.05, 3.63) is 41.2 Å². The third-order valence-electron chi connectivity index (χ3n) is 3.30. The fourth-order valence-electron chi connectivity index (χ4n) is 2.21. The van der Waals surface area contributed by atoms with E-state index < -0.39 is 0 Å². The van der Waals surface area contributed by atoms with E-state index in [4.69, 9.17) is 0 Å². The second-order valence-electron chi connectivity index (χ2n) is 5.17. The summed E-state index contributed by atoms with van der Waals surface area (Å²) >= 11 is 0. The highest BCUT2D eigenvalue weighted by molar-refractivity contribution is 5.52. The minimum atomic E-state index is 0.779. The predicted octanol–water partition coefficient (Wildman–Crippen LogP) is 2.72. The molecule has 0 unspecified atom stereocenters. The Bertz CT molecular complexity index is 570. The van der Waals surface area contributed by atoms with Gasteiger partial charge in [-0.25, -0.2) is 4.98 Å². The van der Waals surface area contributed by atoms with Crippen LogP contribution in [0.1, 0.15) is 16.8 Å². The van der Waals surface area contributed by atoms with E-state index in [9.17, 15) is 0 Å². The van der Waals surface area contributed by atoms with Gasteiger partial charge in [0.1, 0.15) is 0 Å². The largest absolute Gasteiger partial charge is 0.379 e. The van der Waals surface area contributed by atoms with Gasteiger partial charge in [0.15, 0.2) is 0 Å². The van der Waals surface area contributed by atoms with E-state index in [-0.39, 0.29) is 0 Å². The number of nitrogens with one attached hydrogen (secondary N) is 1. The van der Waals surface area contributed by atoms with Crippen LogP contribution in [0.25, 0.3) is 0 Å². The minimum Gasteiger partial charge on any atom is -0.379 e. The van der Waals surface area contributed by atoms with Gasteiger partial charge in [0.05, 0.1) is 18.4 Å². The van der Waals surface area contributed by atoms with E-state index in [1.807, 2.05) is 32.2 Å². The Morgan fingerprint density at radius 3 is 2.58 bits per heavy atom. The molecule has 0 aliphatic heterocycles. The summed E-state index contributed by atoms with van der Waals surface area (Å²) < 4.78 is 2.11. The molecule has 2 aromatic rings. The standard InChI is InChI=1S/C15H22N4/c1-11-6-7-14(12(2)8-11)16-9-13-10-17-15(18(3)4)19(13)5/h6-8,10,16H,9H2,1-5H3. The van der Waals surface area contributed by atoms with Gasteiger partial charge in [-0.3, -0.25) is 0 Å². The Hall–Kier alpha value is -1.97. The van der Waals surface area contributed by atoms with E-state index in [1.54, 1.807) is 0 Å². The maximum absolute atomic E-state index is 4.41. The van der Waals surface area contributed by atoms with Crippen molar-refractivity contribution in [2.75, 3.05) is 24.3 Å². The van der Waals surface area contributed by atoms with Crippen LogP contribution in [-0.2, 0) is 13.6 Å². The third-order valence-corrected chi connectivity index (χ3v) is 3.30. The van der Waals surface area contributed by atoms with E-state index in [2.05, 4.69) is 46.9 Å². The normalized spacial score (nSPS) is 10.6. The average Bonchev–Trinajstić information content (AvgIpc) is 2.70. The van der Waals surface area contributed by atoms with Crippen molar-refractivity contribution in [3.63, 3.8) is 0 Å². The summed E-state index contributed by atoms with van der Waals surface area (Å²) in [4.78, 5) is 6.43. The molecule has 19 heavy (non-hydrogen) atoms. The van der Waals surface area contributed by atoms with Gasteiger partial charge in [-0.2, -0.15) is 0 Å². The molecule has 0 atom stereocenters. The summed E-state index contributed by atoms with van der Waals surface area (Å²) in [6.45, 7) is 5.02. The first-order chi connectivity index (χ1) is 8.99. The molecule has 0 aliphatic carbocycles. The lowest BCUT2D eigenvalue weighted by Crippen LogP contribution is -2.15. The van der Waals surface area contributed by atoms with Crippen LogP contribution >= 0.6 is 0 Å². The Morgan fingerprint density at radius 1 is 1.26 bits per heavy atom. The van der Waals surface area contributed by atoms with Gasteiger partial charge in [-0.15, -0.1) is 0 Å². The molecule has 1 heterocycles. The van der Waals surface area contributed by atoms with Gasteiger partial charge in [-0.1, -0.05) is 17.7 Å². The van der Waals surface area contributed by atoms with Crippen LogP contribution in [0.15, 0.2) is 24.4 Å². The first-order valence-corrected chi connectivity index (χ1v) is 6.48. The van der Waals surface area contributed by atoms with Gasteiger partial charge in [-0.05, 0) is 25.5 Å². The van der Waals surface area contributed by atoms with E-state index in [0.717, 1.165) is 12.5 Å². The van der Waals surface area contributed by atoms with Gasteiger partial charge >= 0.3 is 0 Å². The second kappa shape index (κ2) is 5.34. The summed E-state index contributed by atoms with van der Waals surface area (Å²) in [7, 11) is 6.05. The highest BCUT2D eigenvalue weighted by Gasteiger charge is 2.08. The van der Waals surface area contributed by atoms with Gasteiger partial charge in [0.25, 0.3) is 0 Å². The fourth-order valence-corrected chi connectivity index (χ4v) is 2.21. The van der Waals surface area contributed by atoms with Crippen molar-refractivity contribution in [2.24, 2.45) is 7.05 Å². The molecule has 1 aromatic carbocycles. The van der Waals surface area contributed by atoms with Crippen molar-refractivity contribution in [1.29, 1.82) is 0 Å². The predicted molar refractivity (Wildman–Crippen MR) is 80.8 cm³/mol. The van der Waals surface area contributed by atoms with Gasteiger partial charge in [0, 0.05) is 26.8 Å². The van der Waals surface area contributed by atoms with Crippen LogP contribution in [0.5, 0.6) is 0 Å². The highest BCUT2D eigenvalue weighted by atomic mass is 15.3. The van der Waals surface area contributed by atoms with E-state index in [1.165, 1.54) is 22.5 Å². The molecule has 4 heteroatoms. The number of nitrogens with zero attached hydrogens (tertiary/aromatic N) is 3.